The zero-order chi connectivity index (χ0) is 23.2. The number of ketones is 1. The largest absolute Gasteiger partial charge is 0.467 e. The van der Waals surface area contributed by atoms with Crippen molar-refractivity contribution in [1.29, 1.82) is 0 Å². The maximum Gasteiger partial charge on any atom is 0.337 e. The van der Waals surface area contributed by atoms with Gasteiger partial charge in [0.25, 0.3) is 0 Å². The molecule has 0 fully saturated rings. The summed E-state index contributed by atoms with van der Waals surface area (Å²) in [6.45, 7) is 4.01. The van der Waals surface area contributed by atoms with E-state index in [1.807, 2.05) is 86.7 Å². The third-order valence-electron chi connectivity index (χ3n) is 6.63. The van der Waals surface area contributed by atoms with Crippen LogP contribution in [0.4, 0.5) is 0 Å². The molecule has 1 aliphatic carbocycles. The average molecular weight is 436 g/mol. The van der Waals surface area contributed by atoms with Gasteiger partial charge in [0.05, 0.1) is 13.0 Å². The Hall–Kier alpha value is -3.92. The predicted octanol–water partition coefficient (Wildman–Crippen LogP) is 5.22. The minimum absolute atomic E-state index is 0.0910. The maximum absolute atomic E-state index is 13.6. The van der Waals surface area contributed by atoms with E-state index in [-0.39, 0.29) is 5.78 Å². The van der Waals surface area contributed by atoms with E-state index in [9.17, 15) is 9.59 Å². The molecule has 33 heavy (non-hydrogen) atoms. The monoisotopic (exact) mass is 435 g/mol. The van der Waals surface area contributed by atoms with Gasteiger partial charge in [-0.05, 0) is 42.2 Å². The standard InChI is InChI=1S/C29H25NO3/c1-18-9-12-21(13-10-18)27(31)24-17-30-29(28(32)33-3)25(16-20-7-5-4-6-8-20)22-14-11-19(2)15-23(22)26(24)29/h4-17,26,30H,1-3H3/b25-16+. The number of nitrogens with one attached hydrogen (secondary N) is 1. The smallest absolute Gasteiger partial charge is 0.337 e. The first-order valence-corrected chi connectivity index (χ1v) is 11.0. The van der Waals surface area contributed by atoms with Crippen molar-refractivity contribution in [3.8, 4) is 0 Å². The second kappa shape index (κ2) is 7.89. The molecule has 164 valence electrons. The van der Waals surface area contributed by atoms with Crippen LogP contribution in [0.15, 0.2) is 84.6 Å². The van der Waals surface area contributed by atoms with E-state index in [0.717, 1.165) is 33.4 Å². The number of methoxy groups -OCH3 is 1. The summed E-state index contributed by atoms with van der Waals surface area (Å²) in [5, 5.41) is 3.31. The highest BCUT2D eigenvalue weighted by Crippen LogP contribution is 2.56. The molecule has 1 heterocycles. The Morgan fingerprint density at radius 2 is 1.64 bits per heavy atom. The molecule has 4 heteroatoms. The fourth-order valence-electron chi connectivity index (χ4n) is 5.03. The zero-order valence-corrected chi connectivity index (χ0v) is 18.9. The number of esters is 1. The minimum atomic E-state index is -1.20. The summed E-state index contributed by atoms with van der Waals surface area (Å²) in [7, 11) is 1.39. The molecule has 1 N–H and O–H groups in total. The van der Waals surface area contributed by atoms with Gasteiger partial charge in [0.1, 0.15) is 0 Å². The maximum atomic E-state index is 13.6. The van der Waals surface area contributed by atoms with Crippen LogP contribution in [0.1, 0.15) is 44.1 Å². The number of rotatable bonds is 4. The molecule has 2 aliphatic rings. The van der Waals surface area contributed by atoms with Crippen LogP contribution in [0.25, 0.3) is 11.6 Å². The van der Waals surface area contributed by atoms with E-state index in [1.54, 1.807) is 6.20 Å². The van der Waals surface area contributed by atoms with Crippen molar-refractivity contribution in [1.82, 2.24) is 5.32 Å². The van der Waals surface area contributed by atoms with Crippen LogP contribution in [0.3, 0.4) is 0 Å². The van der Waals surface area contributed by atoms with Gasteiger partial charge in [0.2, 0.25) is 0 Å². The fraction of sp³-hybridized carbons (Fsp3) is 0.172. The summed E-state index contributed by atoms with van der Waals surface area (Å²) in [5.41, 5.74) is 5.82. The number of aryl methyl sites for hydroxylation is 2. The highest BCUT2D eigenvalue weighted by atomic mass is 16.5. The van der Waals surface area contributed by atoms with Crippen molar-refractivity contribution in [3.05, 3.63) is 118 Å². The van der Waals surface area contributed by atoms with Gasteiger partial charge < -0.3 is 10.1 Å². The molecule has 3 aromatic rings. The molecule has 0 bridgehead atoms. The molecule has 0 aromatic heterocycles. The van der Waals surface area contributed by atoms with Crippen LogP contribution in [0.2, 0.25) is 0 Å². The SMILES string of the molecule is COC(=O)C12NC=C(C(=O)c3ccc(C)cc3)C1c1cc(C)ccc1/C2=C\c1ccccc1. The predicted molar refractivity (Wildman–Crippen MR) is 130 cm³/mol. The lowest BCUT2D eigenvalue weighted by Gasteiger charge is -2.30. The normalized spacial score (nSPS) is 21.7. The first-order valence-electron chi connectivity index (χ1n) is 11.0. The molecule has 0 saturated heterocycles. The van der Waals surface area contributed by atoms with Crippen molar-refractivity contribution in [2.45, 2.75) is 25.3 Å². The van der Waals surface area contributed by atoms with Crippen LogP contribution >= 0.6 is 0 Å². The second-order valence-corrected chi connectivity index (χ2v) is 8.73. The molecular formula is C29H25NO3. The minimum Gasteiger partial charge on any atom is -0.467 e. The number of carbonyl (C=O) groups is 2. The molecule has 2 unspecified atom stereocenters. The third-order valence-corrected chi connectivity index (χ3v) is 6.63. The summed E-state index contributed by atoms with van der Waals surface area (Å²) in [6, 6.07) is 23.6. The van der Waals surface area contributed by atoms with Crippen LogP contribution in [0, 0.1) is 13.8 Å². The molecule has 4 nitrogen and oxygen atoms in total. The number of carbonyl (C=O) groups excluding carboxylic acids is 2. The van der Waals surface area contributed by atoms with Gasteiger partial charge in [-0.3, -0.25) is 4.79 Å². The molecule has 0 radical (unpaired) electrons. The van der Waals surface area contributed by atoms with Crippen LogP contribution in [0.5, 0.6) is 0 Å². The van der Waals surface area contributed by atoms with Crippen LogP contribution in [-0.4, -0.2) is 24.4 Å². The molecule has 0 saturated carbocycles. The lowest BCUT2D eigenvalue weighted by Crippen LogP contribution is -2.50. The number of fused-ring (bicyclic) bond motifs is 3. The topological polar surface area (TPSA) is 55.4 Å². The van der Waals surface area contributed by atoms with Crippen molar-refractivity contribution >= 4 is 23.4 Å². The Bertz CT molecular complexity index is 1320. The lowest BCUT2D eigenvalue weighted by atomic mass is 9.78. The average Bonchev–Trinajstić information content (AvgIpc) is 3.34. The number of hydrogen-bond acceptors (Lipinski definition) is 4. The van der Waals surface area contributed by atoms with Crippen molar-refractivity contribution in [2.75, 3.05) is 7.11 Å². The summed E-state index contributed by atoms with van der Waals surface area (Å²) in [5.74, 6) is -0.984. The quantitative estimate of drug-likeness (QED) is 0.451. The fourth-order valence-corrected chi connectivity index (χ4v) is 5.03. The number of benzene rings is 3. The Balaban J connectivity index is 1.72. The highest BCUT2D eigenvalue weighted by Gasteiger charge is 2.60. The second-order valence-electron chi connectivity index (χ2n) is 8.73. The Labute approximate surface area is 193 Å². The van der Waals surface area contributed by atoms with Crippen molar-refractivity contribution < 1.29 is 14.3 Å². The Kier molecular flexibility index (Phi) is 5.01. The number of ether oxygens (including phenoxy) is 1. The van der Waals surface area contributed by atoms with Gasteiger partial charge in [0.15, 0.2) is 11.3 Å². The summed E-state index contributed by atoms with van der Waals surface area (Å²) < 4.78 is 5.33. The zero-order valence-electron chi connectivity index (χ0n) is 18.9. The van der Waals surface area contributed by atoms with Gasteiger partial charge in [-0.2, -0.15) is 0 Å². The number of Topliss-reactive ketones (excluding diaryl/α,β-unsaturated/α-hetero) is 1. The molecule has 2 atom stereocenters. The molecular weight excluding hydrogens is 410 g/mol. The van der Waals surface area contributed by atoms with E-state index in [1.165, 1.54) is 7.11 Å². The van der Waals surface area contributed by atoms with Crippen molar-refractivity contribution in [2.24, 2.45) is 0 Å². The number of hydrogen-bond donors (Lipinski definition) is 1. The van der Waals surface area contributed by atoms with E-state index in [2.05, 4.69) is 11.4 Å². The summed E-state index contributed by atoms with van der Waals surface area (Å²) in [4.78, 5) is 27.1. The van der Waals surface area contributed by atoms with Gasteiger partial charge in [0, 0.05) is 17.3 Å². The molecule has 5 rings (SSSR count). The summed E-state index contributed by atoms with van der Waals surface area (Å²) in [6.07, 6.45) is 3.72. The van der Waals surface area contributed by atoms with Crippen molar-refractivity contribution in [3.63, 3.8) is 0 Å². The Morgan fingerprint density at radius 1 is 0.939 bits per heavy atom. The van der Waals surface area contributed by atoms with E-state index in [4.69, 9.17) is 4.74 Å². The summed E-state index contributed by atoms with van der Waals surface area (Å²) >= 11 is 0. The van der Waals surface area contributed by atoms with Gasteiger partial charge in [-0.1, -0.05) is 83.9 Å². The third kappa shape index (κ3) is 3.21. The van der Waals surface area contributed by atoms with Crippen LogP contribution < -0.4 is 5.32 Å². The molecule has 0 amide bonds. The van der Waals surface area contributed by atoms with Gasteiger partial charge >= 0.3 is 5.97 Å². The van der Waals surface area contributed by atoms with Gasteiger partial charge in [-0.15, -0.1) is 0 Å². The Morgan fingerprint density at radius 3 is 2.33 bits per heavy atom. The van der Waals surface area contributed by atoms with Gasteiger partial charge in [-0.25, -0.2) is 4.79 Å². The van der Waals surface area contributed by atoms with E-state index >= 15 is 0 Å². The molecule has 1 aliphatic heterocycles. The lowest BCUT2D eigenvalue weighted by molar-refractivity contribution is -0.145. The first kappa shape index (κ1) is 21.0. The molecule has 0 spiro atoms. The first-order chi connectivity index (χ1) is 16.0. The van der Waals surface area contributed by atoms with E-state index < -0.39 is 17.4 Å². The van der Waals surface area contributed by atoms with Crippen LogP contribution in [-0.2, 0) is 9.53 Å². The highest BCUT2D eigenvalue weighted by molar-refractivity contribution is 6.16. The molecule has 3 aromatic carbocycles. The van der Waals surface area contributed by atoms with E-state index in [0.29, 0.717) is 11.1 Å².